The van der Waals surface area contributed by atoms with Crippen LogP contribution in [0.5, 0.6) is 0 Å². The van der Waals surface area contributed by atoms with Gasteiger partial charge in [-0.2, -0.15) is 4.74 Å². The molecule has 0 saturated carbocycles. The minimum absolute atomic E-state index is 0.201. The zero-order valence-corrected chi connectivity index (χ0v) is 12.0. The van der Waals surface area contributed by atoms with Crippen molar-refractivity contribution < 1.29 is 9.53 Å². The van der Waals surface area contributed by atoms with Gasteiger partial charge in [-0.25, -0.2) is 0 Å². The Hall–Kier alpha value is -2.94. The van der Waals surface area contributed by atoms with Crippen LogP contribution in [-0.4, -0.2) is 16.2 Å². The van der Waals surface area contributed by atoms with E-state index in [1.54, 1.807) is 12.1 Å². The van der Waals surface area contributed by atoms with Crippen molar-refractivity contribution in [3.63, 3.8) is 0 Å². The number of benzene rings is 3. The number of hydrogen-bond acceptors (Lipinski definition) is 2. The second-order valence-corrected chi connectivity index (χ2v) is 5.52. The SMILES string of the molecule is Cc1cccc(C2=[N+]([O-])c3ccc4ccccc4c3C2=O)c1. The molecule has 1 heterocycles. The molecule has 4 rings (SSSR count). The van der Waals surface area contributed by atoms with E-state index in [1.165, 1.54) is 0 Å². The van der Waals surface area contributed by atoms with Gasteiger partial charge in [0, 0.05) is 6.07 Å². The summed E-state index contributed by atoms with van der Waals surface area (Å²) in [6, 6.07) is 18.7. The summed E-state index contributed by atoms with van der Waals surface area (Å²) < 4.78 is 0.763. The lowest BCUT2D eigenvalue weighted by Crippen LogP contribution is -2.16. The minimum atomic E-state index is -0.201. The Morgan fingerprint density at radius 2 is 1.77 bits per heavy atom. The number of rotatable bonds is 1. The molecule has 0 unspecified atom stereocenters. The van der Waals surface area contributed by atoms with Crippen molar-refractivity contribution in [2.24, 2.45) is 0 Å². The Kier molecular flexibility index (Phi) is 2.63. The van der Waals surface area contributed by atoms with Gasteiger partial charge < -0.3 is 5.21 Å². The number of nitrogens with zero attached hydrogens (tertiary/aromatic N) is 1. The molecule has 3 nitrogen and oxygen atoms in total. The molecule has 1 aliphatic rings. The molecule has 1 aliphatic heterocycles. The van der Waals surface area contributed by atoms with E-state index < -0.39 is 0 Å². The van der Waals surface area contributed by atoms with Crippen LogP contribution in [0, 0.1) is 12.1 Å². The van der Waals surface area contributed by atoms with Gasteiger partial charge in [-0.05, 0) is 35.9 Å². The van der Waals surface area contributed by atoms with E-state index in [1.807, 2.05) is 55.5 Å². The van der Waals surface area contributed by atoms with Gasteiger partial charge in [0.2, 0.25) is 5.69 Å². The van der Waals surface area contributed by atoms with Crippen molar-refractivity contribution >= 4 is 28.0 Å². The maximum absolute atomic E-state index is 12.9. The molecule has 0 bridgehead atoms. The zero-order chi connectivity index (χ0) is 15.3. The predicted molar refractivity (Wildman–Crippen MR) is 86.9 cm³/mol. The van der Waals surface area contributed by atoms with Crippen LogP contribution in [0.4, 0.5) is 5.69 Å². The van der Waals surface area contributed by atoms with E-state index in [0.29, 0.717) is 16.8 Å². The number of fused-ring (bicyclic) bond motifs is 3. The quantitative estimate of drug-likeness (QED) is 0.502. The first-order valence-electron chi connectivity index (χ1n) is 7.14. The molecule has 0 N–H and O–H groups in total. The fraction of sp³-hybridized carbons (Fsp3) is 0.0526. The first kappa shape index (κ1) is 12.8. The summed E-state index contributed by atoms with van der Waals surface area (Å²) in [4.78, 5) is 12.9. The largest absolute Gasteiger partial charge is 0.618 e. The van der Waals surface area contributed by atoms with Crippen LogP contribution in [0.3, 0.4) is 0 Å². The van der Waals surface area contributed by atoms with Gasteiger partial charge >= 0.3 is 0 Å². The van der Waals surface area contributed by atoms with Gasteiger partial charge in [0.05, 0.1) is 5.56 Å². The lowest BCUT2D eigenvalue weighted by atomic mass is 9.97. The van der Waals surface area contributed by atoms with Crippen LogP contribution in [-0.2, 0) is 0 Å². The van der Waals surface area contributed by atoms with Crippen LogP contribution in [0.25, 0.3) is 10.8 Å². The van der Waals surface area contributed by atoms with Crippen LogP contribution in [0.1, 0.15) is 21.5 Å². The second kappa shape index (κ2) is 4.53. The van der Waals surface area contributed by atoms with Gasteiger partial charge in [0.25, 0.3) is 11.5 Å². The summed E-state index contributed by atoms with van der Waals surface area (Å²) in [5, 5.41) is 14.4. The summed E-state index contributed by atoms with van der Waals surface area (Å²) in [5.41, 5.74) is 2.83. The Morgan fingerprint density at radius 1 is 0.955 bits per heavy atom. The fourth-order valence-electron chi connectivity index (χ4n) is 3.04. The van der Waals surface area contributed by atoms with Gasteiger partial charge in [-0.3, -0.25) is 4.79 Å². The summed E-state index contributed by atoms with van der Waals surface area (Å²) in [6.45, 7) is 1.95. The highest BCUT2D eigenvalue weighted by molar-refractivity contribution is 6.53. The molecule has 0 amide bonds. The van der Waals surface area contributed by atoms with Crippen molar-refractivity contribution in [1.29, 1.82) is 0 Å². The predicted octanol–water partition coefficient (Wildman–Crippen LogP) is 3.98. The number of hydrogen-bond donors (Lipinski definition) is 0. The molecule has 3 aromatic carbocycles. The minimum Gasteiger partial charge on any atom is -0.618 e. The first-order chi connectivity index (χ1) is 10.7. The summed E-state index contributed by atoms with van der Waals surface area (Å²) in [7, 11) is 0. The van der Waals surface area contributed by atoms with Gasteiger partial charge in [0.1, 0.15) is 5.56 Å². The molecule has 3 heteroatoms. The molecule has 0 radical (unpaired) electrons. The van der Waals surface area contributed by atoms with Crippen molar-refractivity contribution in [2.45, 2.75) is 6.92 Å². The molecule has 0 saturated heterocycles. The van der Waals surface area contributed by atoms with E-state index in [-0.39, 0.29) is 11.5 Å². The van der Waals surface area contributed by atoms with Gasteiger partial charge in [-0.1, -0.05) is 42.0 Å². The van der Waals surface area contributed by atoms with Crippen molar-refractivity contribution in [3.8, 4) is 0 Å². The molecular weight excluding hydrogens is 274 g/mol. The smallest absolute Gasteiger partial charge is 0.272 e. The Morgan fingerprint density at radius 3 is 2.59 bits per heavy atom. The van der Waals surface area contributed by atoms with Gasteiger partial charge in [0.15, 0.2) is 0 Å². The first-order valence-corrected chi connectivity index (χ1v) is 7.14. The third-order valence-corrected chi connectivity index (χ3v) is 4.06. The summed E-state index contributed by atoms with van der Waals surface area (Å²) in [6.07, 6.45) is 0. The number of carbonyl (C=O) groups is 1. The molecular formula is C19H13NO2. The van der Waals surface area contributed by atoms with E-state index in [0.717, 1.165) is 21.1 Å². The molecule has 0 spiro atoms. The monoisotopic (exact) mass is 287 g/mol. The highest BCUT2D eigenvalue weighted by Gasteiger charge is 2.37. The Balaban J connectivity index is 1.99. The average molecular weight is 287 g/mol. The molecule has 0 aromatic heterocycles. The highest BCUT2D eigenvalue weighted by Crippen LogP contribution is 2.34. The fourth-order valence-corrected chi connectivity index (χ4v) is 3.04. The maximum Gasteiger partial charge on any atom is 0.272 e. The van der Waals surface area contributed by atoms with Crippen LogP contribution < -0.4 is 0 Å². The van der Waals surface area contributed by atoms with Crippen LogP contribution in [0.2, 0.25) is 0 Å². The number of Topliss-reactive ketones (excluding diaryl/α,β-unsaturated/α-hetero) is 1. The topological polar surface area (TPSA) is 43.1 Å². The molecule has 3 aromatic rings. The highest BCUT2D eigenvalue weighted by atomic mass is 16.5. The Bertz CT molecular complexity index is 970. The van der Waals surface area contributed by atoms with Crippen LogP contribution in [0.15, 0.2) is 60.7 Å². The van der Waals surface area contributed by atoms with Crippen molar-refractivity contribution in [3.05, 3.63) is 82.6 Å². The number of aryl methyl sites for hydroxylation is 1. The summed E-state index contributed by atoms with van der Waals surface area (Å²) in [5.74, 6) is -0.201. The number of carbonyl (C=O) groups excluding carboxylic acids is 1. The lowest BCUT2D eigenvalue weighted by molar-refractivity contribution is -0.355. The third-order valence-electron chi connectivity index (χ3n) is 4.06. The second-order valence-electron chi connectivity index (χ2n) is 5.52. The zero-order valence-electron chi connectivity index (χ0n) is 12.0. The lowest BCUT2D eigenvalue weighted by Gasteiger charge is -2.03. The summed E-state index contributed by atoms with van der Waals surface area (Å²) >= 11 is 0. The molecule has 22 heavy (non-hydrogen) atoms. The maximum atomic E-state index is 12.9. The number of ketones is 1. The normalized spacial score (nSPS) is 13.8. The van der Waals surface area contributed by atoms with Crippen molar-refractivity contribution in [1.82, 2.24) is 0 Å². The van der Waals surface area contributed by atoms with E-state index in [4.69, 9.17) is 0 Å². The van der Waals surface area contributed by atoms with Gasteiger partial charge in [-0.15, -0.1) is 0 Å². The van der Waals surface area contributed by atoms with E-state index >= 15 is 0 Å². The Labute approximate surface area is 127 Å². The van der Waals surface area contributed by atoms with E-state index in [2.05, 4.69) is 0 Å². The third kappa shape index (κ3) is 1.69. The standard InChI is InChI=1S/C19H13NO2/c1-12-5-4-7-14(11-12)18-19(21)17-15-8-3-2-6-13(15)9-10-16(17)20(18)22/h2-11H,1H3. The molecule has 0 aliphatic carbocycles. The van der Waals surface area contributed by atoms with E-state index in [9.17, 15) is 10.0 Å². The van der Waals surface area contributed by atoms with Crippen LogP contribution >= 0.6 is 0 Å². The molecule has 0 atom stereocenters. The molecule has 0 fully saturated rings. The molecule has 106 valence electrons. The van der Waals surface area contributed by atoms with Crippen molar-refractivity contribution in [2.75, 3.05) is 0 Å². The average Bonchev–Trinajstić information content (AvgIpc) is 2.79.